The standard InChI is InChI=1S/C19H16FN3OS/c20-15-8-6-13(7-9-15)11-23-17(24)12-25-19(23)16-10-21-18(22-16)14-4-2-1-3-5-14/h1-10,19H,11-12H2,(H,21,22). The first kappa shape index (κ1) is 15.9. The summed E-state index contributed by atoms with van der Waals surface area (Å²) in [7, 11) is 0. The van der Waals surface area contributed by atoms with E-state index in [0.717, 1.165) is 22.6 Å². The van der Waals surface area contributed by atoms with Gasteiger partial charge in [0.2, 0.25) is 5.91 Å². The van der Waals surface area contributed by atoms with Gasteiger partial charge in [-0.3, -0.25) is 4.79 Å². The van der Waals surface area contributed by atoms with E-state index in [1.807, 2.05) is 30.3 Å². The summed E-state index contributed by atoms with van der Waals surface area (Å²) in [6.07, 6.45) is 1.79. The Labute approximate surface area is 149 Å². The molecule has 6 heteroatoms. The Balaban J connectivity index is 1.57. The van der Waals surface area contributed by atoms with E-state index >= 15 is 0 Å². The highest BCUT2D eigenvalue weighted by Gasteiger charge is 2.34. The molecule has 1 unspecified atom stereocenters. The minimum absolute atomic E-state index is 0.0789. The maximum atomic E-state index is 13.1. The number of H-pyrrole nitrogens is 1. The molecule has 126 valence electrons. The molecule has 1 aliphatic heterocycles. The first-order valence-electron chi connectivity index (χ1n) is 7.96. The minimum atomic E-state index is -0.275. The van der Waals surface area contributed by atoms with Gasteiger partial charge in [-0.2, -0.15) is 0 Å². The molecule has 0 bridgehead atoms. The molecule has 1 fully saturated rings. The van der Waals surface area contributed by atoms with Crippen molar-refractivity contribution in [2.75, 3.05) is 5.75 Å². The summed E-state index contributed by atoms with van der Waals surface area (Å²) in [6, 6.07) is 16.1. The monoisotopic (exact) mass is 353 g/mol. The summed E-state index contributed by atoms with van der Waals surface area (Å²) in [6.45, 7) is 0.455. The van der Waals surface area contributed by atoms with Crippen LogP contribution in [0.15, 0.2) is 60.8 Å². The Kier molecular flexibility index (Phi) is 4.28. The first-order valence-corrected chi connectivity index (χ1v) is 9.01. The second kappa shape index (κ2) is 6.72. The highest BCUT2D eigenvalue weighted by Crippen LogP contribution is 2.39. The fourth-order valence-electron chi connectivity index (χ4n) is 2.87. The highest BCUT2D eigenvalue weighted by molar-refractivity contribution is 8.00. The van der Waals surface area contributed by atoms with Crippen LogP contribution in [0.4, 0.5) is 4.39 Å². The van der Waals surface area contributed by atoms with E-state index in [1.165, 1.54) is 12.1 Å². The number of halogens is 1. The average Bonchev–Trinajstić information content (AvgIpc) is 3.25. The summed E-state index contributed by atoms with van der Waals surface area (Å²) < 4.78 is 13.1. The van der Waals surface area contributed by atoms with Gasteiger partial charge in [0.05, 0.1) is 17.6 Å². The molecule has 1 amide bonds. The predicted octanol–water partition coefficient (Wildman–Crippen LogP) is 3.99. The lowest BCUT2D eigenvalue weighted by Crippen LogP contribution is -2.27. The molecule has 2 aromatic carbocycles. The molecule has 1 N–H and O–H groups in total. The normalized spacial score (nSPS) is 17.2. The van der Waals surface area contributed by atoms with Gasteiger partial charge in [-0.15, -0.1) is 11.8 Å². The van der Waals surface area contributed by atoms with Crippen LogP contribution in [0.2, 0.25) is 0 Å². The van der Waals surface area contributed by atoms with Crippen molar-refractivity contribution in [3.05, 3.63) is 77.9 Å². The molecule has 25 heavy (non-hydrogen) atoms. The summed E-state index contributed by atoms with van der Waals surface area (Å²) in [5.74, 6) is 1.03. The molecular weight excluding hydrogens is 337 g/mol. The van der Waals surface area contributed by atoms with Crippen LogP contribution >= 0.6 is 11.8 Å². The summed E-state index contributed by atoms with van der Waals surface area (Å²) in [4.78, 5) is 21.9. The quantitative estimate of drug-likeness (QED) is 0.771. The summed E-state index contributed by atoms with van der Waals surface area (Å²) >= 11 is 1.57. The Bertz CT molecular complexity index is 879. The fraction of sp³-hybridized carbons (Fsp3) is 0.158. The van der Waals surface area contributed by atoms with Crippen molar-refractivity contribution in [2.24, 2.45) is 0 Å². The molecule has 1 atom stereocenters. The Morgan fingerprint density at radius 2 is 1.92 bits per heavy atom. The topological polar surface area (TPSA) is 49.0 Å². The number of hydrogen-bond donors (Lipinski definition) is 1. The van der Waals surface area contributed by atoms with Crippen LogP contribution in [-0.4, -0.2) is 26.5 Å². The molecule has 1 aliphatic rings. The summed E-state index contributed by atoms with van der Waals surface area (Å²) in [5.41, 5.74) is 2.81. The van der Waals surface area contributed by atoms with Crippen molar-refractivity contribution in [3.8, 4) is 11.4 Å². The number of carbonyl (C=O) groups excluding carboxylic acids is 1. The second-order valence-corrected chi connectivity index (χ2v) is 6.93. The van der Waals surface area contributed by atoms with Crippen LogP contribution in [0.5, 0.6) is 0 Å². The number of benzene rings is 2. The summed E-state index contributed by atoms with van der Waals surface area (Å²) in [5, 5.41) is -0.109. The van der Waals surface area contributed by atoms with Gasteiger partial charge < -0.3 is 9.88 Å². The van der Waals surface area contributed by atoms with Gasteiger partial charge in [0, 0.05) is 12.1 Å². The second-order valence-electron chi connectivity index (χ2n) is 5.86. The van der Waals surface area contributed by atoms with Crippen LogP contribution in [0.3, 0.4) is 0 Å². The number of thioether (sulfide) groups is 1. The zero-order chi connectivity index (χ0) is 17.2. The number of nitrogens with one attached hydrogen (secondary N) is 1. The zero-order valence-electron chi connectivity index (χ0n) is 13.4. The number of aromatic nitrogens is 2. The third-order valence-corrected chi connectivity index (χ3v) is 5.38. The number of hydrogen-bond acceptors (Lipinski definition) is 3. The Morgan fingerprint density at radius 1 is 1.16 bits per heavy atom. The van der Waals surface area contributed by atoms with Gasteiger partial charge in [0.1, 0.15) is 17.0 Å². The van der Waals surface area contributed by atoms with Crippen molar-refractivity contribution in [2.45, 2.75) is 11.9 Å². The molecule has 4 rings (SSSR count). The fourth-order valence-corrected chi connectivity index (χ4v) is 4.01. The smallest absolute Gasteiger partial charge is 0.234 e. The van der Waals surface area contributed by atoms with Gasteiger partial charge in [0.15, 0.2) is 0 Å². The van der Waals surface area contributed by atoms with Crippen molar-refractivity contribution >= 4 is 17.7 Å². The lowest BCUT2D eigenvalue weighted by atomic mass is 10.2. The lowest BCUT2D eigenvalue weighted by Gasteiger charge is -2.23. The number of aromatic amines is 1. The maximum Gasteiger partial charge on any atom is 0.234 e. The first-order chi connectivity index (χ1) is 12.2. The Hall–Kier alpha value is -2.60. The lowest BCUT2D eigenvalue weighted by molar-refractivity contribution is -0.128. The van der Waals surface area contributed by atoms with Crippen LogP contribution < -0.4 is 0 Å². The van der Waals surface area contributed by atoms with Crippen molar-refractivity contribution in [3.63, 3.8) is 0 Å². The van der Waals surface area contributed by atoms with E-state index in [2.05, 4.69) is 9.97 Å². The van der Waals surface area contributed by atoms with Crippen LogP contribution in [0.25, 0.3) is 11.4 Å². The molecule has 0 radical (unpaired) electrons. The number of amides is 1. The van der Waals surface area contributed by atoms with Crippen molar-refractivity contribution in [1.82, 2.24) is 14.9 Å². The molecule has 0 aliphatic carbocycles. The van der Waals surface area contributed by atoms with E-state index < -0.39 is 0 Å². The molecule has 1 aromatic heterocycles. The van der Waals surface area contributed by atoms with E-state index in [1.54, 1.807) is 35.0 Å². The number of imidazole rings is 1. The Morgan fingerprint density at radius 3 is 2.68 bits per heavy atom. The van der Waals surface area contributed by atoms with E-state index in [9.17, 15) is 9.18 Å². The number of nitrogens with zero attached hydrogens (tertiary/aromatic N) is 2. The van der Waals surface area contributed by atoms with Gasteiger partial charge in [0.25, 0.3) is 0 Å². The van der Waals surface area contributed by atoms with Gasteiger partial charge >= 0.3 is 0 Å². The molecule has 2 heterocycles. The molecular formula is C19H16FN3OS. The molecule has 0 spiro atoms. The average molecular weight is 353 g/mol. The van der Waals surface area contributed by atoms with Gasteiger partial charge in [-0.25, -0.2) is 9.37 Å². The molecule has 0 saturated carbocycles. The predicted molar refractivity (Wildman–Crippen MR) is 96.2 cm³/mol. The van der Waals surface area contributed by atoms with E-state index in [4.69, 9.17) is 0 Å². The zero-order valence-corrected chi connectivity index (χ0v) is 14.2. The molecule has 3 aromatic rings. The van der Waals surface area contributed by atoms with Gasteiger partial charge in [-0.05, 0) is 17.7 Å². The SMILES string of the molecule is O=C1CSC(c2cnc(-c3ccccc3)[nH]2)N1Cc1ccc(F)cc1. The third-order valence-electron chi connectivity index (χ3n) is 4.14. The van der Waals surface area contributed by atoms with Crippen LogP contribution in [-0.2, 0) is 11.3 Å². The third kappa shape index (κ3) is 3.30. The highest BCUT2D eigenvalue weighted by atomic mass is 32.2. The maximum absolute atomic E-state index is 13.1. The molecule has 4 nitrogen and oxygen atoms in total. The number of carbonyl (C=O) groups is 1. The van der Waals surface area contributed by atoms with E-state index in [0.29, 0.717) is 12.3 Å². The number of rotatable bonds is 4. The van der Waals surface area contributed by atoms with Crippen LogP contribution in [0, 0.1) is 5.82 Å². The van der Waals surface area contributed by atoms with E-state index in [-0.39, 0.29) is 17.1 Å². The molecule has 1 saturated heterocycles. The largest absolute Gasteiger partial charge is 0.339 e. The minimum Gasteiger partial charge on any atom is -0.339 e. The van der Waals surface area contributed by atoms with Crippen molar-refractivity contribution in [1.29, 1.82) is 0 Å². The van der Waals surface area contributed by atoms with Gasteiger partial charge in [-0.1, -0.05) is 42.5 Å². The van der Waals surface area contributed by atoms with Crippen molar-refractivity contribution < 1.29 is 9.18 Å². The van der Waals surface area contributed by atoms with Crippen LogP contribution in [0.1, 0.15) is 16.6 Å².